The molecular formula is C34H35Cl2FN2. The van der Waals surface area contributed by atoms with Crippen LogP contribution in [0, 0.1) is 5.82 Å². The van der Waals surface area contributed by atoms with Crippen molar-refractivity contribution in [3.05, 3.63) is 123 Å². The van der Waals surface area contributed by atoms with Gasteiger partial charge < -0.3 is 4.90 Å². The van der Waals surface area contributed by atoms with Crippen LogP contribution < -0.4 is 4.90 Å². The van der Waals surface area contributed by atoms with Crippen LogP contribution in [-0.2, 0) is 0 Å². The summed E-state index contributed by atoms with van der Waals surface area (Å²) in [6.45, 7) is 3.53. The van der Waals surface area contributed by atoms with Crippen LogP contribution in [0.1, 0.15) is 66.7 Å². The van der Waals surface area contributed by atoms with Crippen LogP contribution in [0.3, 0.4) is 0 Å². The lowest BCUT2D eigenvalue weighted by atomic mass is 9.84. The second kappa shape index (κ2) is 11.9. The predicted octanol–water partition coefficient (Wildman–Crippen LogP) is 9.32. The van der Waals surface area contributed by atoms with E-state index < -0.39 is 0 Å². The van der Waals surface area contributed by atoms with Crippen molar-refractivity contribution in [1.29, 1.82) is 0 Å². The van der Waals surface area contributed by atoms with Crippen LogP contribution in [0.4, 0.5) is 10.1 Å². The van der Waals surface area contributed by atoms with Gasteiger partial charge in [-0.1, -0.05) is 103 Å². The highest BCUT2D eigenvalue weighted by molar-refractivity contribution is 6.43. The summed E-state index contributed by atoms with van der Waals surface area (Å²) in [5.74, 6) is 0.577. The van der Waals surface area contributed by atoms with Gasteiger partial charge in [-0.2, -0.15) is 0 Å². The first-order chi connectivity index (χ1) is 19.1. The SMILES string of the molecule is Fc1ccccc1C1C=C(C(c2cccc(C3CCCC3)c2)N2CCN(c3cccc(Cl)c3Cl)CC2)C=CC1. The molecule has 3 aliphatic rings. The van der Waals surface area contributed by atoms with Crippen LogP contribution in [0.2, 0.25) is 10.0 Å². The quantitative estimate of drug-likeness (QED) is 0.296. The van der Waals surface area contributed by atoms with E-state index in [1.54, 1.807) is 12.1 Å². The van der Waals surface area contributed by atoms with E-state index in [4.69, 9.17) is 23.2 Å². The van der Waals surface area contributed by atoms with E-state index in [0.717, 1.165) is 43.9 Å². The minimum atomic E-state index is -0.125. The van der Waals surface area contributed by atoms with Gasteiger partial charge in [-0.15, -0.1) is 0 Å². The Bertz CT molecular complexity index is 1370. The van der Waals surface area contributed by atoms with E-state index in [1.807, 2.05) is 24.3 Å². The van der Waals surface area contributed by atoms with Crippen molar-refractivity contribution < 1.29 is 4.39 Å². The molecule has 3 aromatic rings. The number of nitrogens with zero attached hydrogens (tertiary/aromatic N) is 2. The minimum Gasteiger partial charge on any atom is -0.368 e. The maximum Gasteiger partial charge on any atom is 0.127 e. The number of rotatable bonds is 6. The molecule has 1 aliphatic heterocycles. The number of piperazine rings is 1. The number of hydrogen-bond donors (Lipinski definition) is 0. The molecule has 6 rings (SSSR count). The highest BCUT2D eigenvalue weighted by Crippen LogP contribution is 2.41. The lowest BCUT2D eigenvalue weighted by Gasteiger charge is -2.42. The summed E-state index contributed by atoms with van der Waals surface area (Å²) in [5.41, 5.74) is 5.83. The smallest absolute Gasteiger partial charge is 0.127 e. The fraction of sp³-hybridized carbons (Fsp3) is 0.353. The molecule has 1 heterocycles. The lowest BCUT2D eigenvalue weighted by Crippen LogP contribution is -2.48. The summed E-state index contributed by atoms with van der Waals surface area (Å²) >= 11 is 12.9. The zero-order valence-electron chi connectivity index (χ0n) is 22.2. The van der Waals surface area contributed by atoms with Gasteiger partial charge in [0.2, 0.25) is 0 Å². The zero-order chi connectivity index (χ0) is 26.8. The number of allylic oxidation sites excluding steroid dienone is 2. The Morgan fingerprint density at radius 1 is 0.846 bits per heavy atom. The summed E-state index contributed by atoms with van der Waals surface area (Å²) in [7, 11) is 0. The Balaban J connectivity index is 1.32. The molecule has 2 aliphatic carbocycles. The fourth-order valence-corrected chi connectivity index (χ4v) is 7.11. The largest absolute Gasteiger partial charge is 0.368 e. The highest BCUT2D eigenvalue weighted by atomic mass is 35.5. The predicted molar refractivity (Wildman–Crippen MR) is 162 cm³/mol. The third kappa shape index (κ3) is 5.68. The zero-order valence-corrected chi connectivity index (χ0v) is 23.7. The van der Waals surface area contributed by atoms with Gasteiger partial charge in [-0.3, -0.25) is 4.90 Å². The molecule has 0 radical (unpaired) electrons. The Labute approximate surface area is 241 Å². The van der Waals surface area contributed by atoms with Crippen molar-refractivity contribution in [2.45, 2.75) is 50.0 Å². The Morgan fingerprint density at radius 2 is 1.62 bits per heavy atom. The van der Waals surface area contributed by atoms with E-state index in [2.05, 4.69) is 58.4 Å². The second-order valence-electron chi connectivity index (χ2n) is 11.1. The van der Waals surface area contributed by atoms with Gasteiger partial charge in [0.25, 0.3) is 0 Å². The van der Waals surface area contributed by atoms with Crippen molar-refractivity contribution in [3.8, 4) is 0 Å². The van der Waals surface area contributed by atoms with E-state index in [-0.39, 0.29) is 17.8 Å². The van der Waals surface area contributed by atoms with Gasteiger partial charge >= 0.3 is 0 Å². The molecule has 202 valence electrons. The molecule has 0 amide bonds. The van der Waals surface area contributed by atoms with Crippen LogP contribution in [-0.4, -0.2) is 31.1 Å². The van der Waals surface area contributed by atoms with E-state index in [9.17, 15) is 4.39 Å². The van der Waals surface area contributed by atoms with Crippen LogP contribution in [0.25, 0.3) is 0 Å². The molecule has 1 saturated heterocycles. The summed E-state index contributed by atoms with van der Waals surface area (Å²) in [6, 6.07) is 22.5. The topological polar surface area (TPSA) is 6.48 Å². The highest BCUT2D eigenvalue weighted by Gasteiger charge is 2.30. The van der Waals surface area contributed by atoms with E-state index in [0.29, 0.717) is 16.0 Å². The molecule has 2 nitrogen and oxygen atoms in total. The first kappa shape index (κ1) is 26.6. The molecule has 0 N–H and O–H groups in total. The average molecular weight is 562 g/mol. The van der Waals surface area contributed by atoms with Crippen LogP contribution >= 0.6 is 23.2 Å². The summed E-state index contributed by atoms with van der Waals surface area (Å²) < 4.78 is 14.8. The van der Waals surface area contributed by atoms with E-state index in [1.165, 1.54) is 42.4 Å². The average Bonchev–Trinajstić information content (AvgIpc) is 3.51. The molecule has 2 atom stereocenters. The third-order valence-electron chi connectivity index (χ3n) is 8.72. The molecule has 2 fully saturated rings. The molecule has 5 heteroatoms. The molecule has 0 aromatic heterocycles. The van der Waals surface area contributed by atoms with Crippen molar-refractivity contribution >= 4 is 28.9 Å². The Kier molecular flexibility index (Phi) is 8.11. The van der Waals surface area contributed by atoms with Gasteiger partial charge in [-0.05, 0) is 65.6 Å². The van der Waals surface area contributed by atoms with Crippen molar-refractivity contribution in [1.82, 2.24) is 4.90 Å². The van der Waals surface area contributed by atoms with Gasteiger partial charge in [0.1, 0.15) is 5.82 Å². The number of halogens is 3. The number of benzene rings is 3. The summed E-state index contributed by atoms with van der Waals surface area (Å²) in [5, 5.41) is 1.22. The molecule has 0 bridgehead atoms. The Morgan fingerprint density at radius 3 is 2.41 bits per heavy atom. The second-order valence-corrected chi connectivity index (χ2v) is 11.9. The molecular weight excluding hydrogens is 526 g/mol. The maximum atomic E-state index is 14.8. The minimum absolute atomic E-state index is 0.0401. The van der Waals surface area contributed by atoms with Crippen molar-refractivity contribution in [3.63, 3.8) is 0 Å². The summed E-state index contributed by atoms with van der Waals surface area (Å²) in [6.07, 6.45) is 12.8. The van der Waals surface area contributed by atoms with Gasteiger partial charge in [-0.25, -0.2) is 4.39 Å². The van der Waals surface area contributed by atoms with E-state index >= 15 is 0 Å². The maximum absolute atomic E-state index is 14.8. The monoisotopic (exact) mass is 560 g/mol. The molecule has 39 heavy (non-hydrogen) atoms. The Hall–Kier alpha value is -2.59. The molecule has 1 saturated carbocycles. The van der Waals surface area contributed by atoms with Gasteiger partial charge in [0.05, 0.1) is 21.8 Å². The first-order valence-corrected chi connectivity index (χ1v) is 15.0. The number of hydrogen-bond acceptors (Lipinski definition) is 2. The van der Waals surface area contributed by atoms with Gasteiger partial charge in [0, 0.05) is 32.1 Å². The lowest BCUT2D eigenvalue weighted by molar-refractivity contribution is 0.211. The van der Waals surface area contributed by atoms with Crippen LogP contribution in [0.15, 0.2) is 90.5 Å². The van der Waals surface area contributed by atoms with Crippen molar-refractivity contribution in [2.24, 2.45) is 0 Å². The molecule has 3 aromatic carbocycles. The molecule has 0 spiro atoms. The van der Waals surface area contributed by atoms with Crippen LogP contribution in [0.5, 0.6) is 0 Å². The fourth-order valence-electron chi connectivity index (χ4n) is 6.70. The normalized spacial score (nSPS) is 21.3. The van der Waals surface area contributed by atoms with Crippen molar-refractivity contribution in [2.75, 3.05) is 31.1 Å². The van der Waals surface area contributed by atoms with Gasteiger partial charge in [0.15, 0.2) is 0 Å². The standard InChI is InChI=1S/C34H35Cl2FN2/c35-30-15-7-17-32(33(30)36)38-18-20-39(21-19-38)34(27-12-5-10-25(22-27)24-8-1-2-9-24)28-13-6-11-26(23-28)29-14-3-4-16-31(29)37/h3-7,10,12-17,22-24,26,34H,1-2,8-9,11,18-21H2. The third-order valence-corrected chi connectivity index (χ3v) is 9.53. The molecule has 2 unspecified atom stereocenters. The first-order valence-electron chi connectivity index (χ1n) is 14.2. The summed E-state index contributed by atoms with van der Waals surface area (Å²) in [4.78, 5) is 4.92. The number of anilines is 1.